The van der Waals surface area contributed by atoms with Crippen molar-refractivity contribution in [1.82, 2.24) is 15.1 Å². The highest BCUT2D eigenvalue weighted by atomic mass is 19.1. The Morgan fingerprint density at radius 2 is 1.54 bits per heavy atom. The zero-order valence-corrected chi connectivity index (χ0v) is 24.4. The molecule has 0 saturated heterocycles. The highest BCUT2D eigenvalue weighted by Crippen LogP contribution is 2.43. The molecule has 1 aliphatic rings. The van der Waals surface area contributed by atoms with Gasteiger partial charge >= 0.3 is 11.9 Å². The van der Waals surface area contributed by atoms with Gasteiger partial charge in [0, 0.05) is 28.7 Å². The second-order valence-electron chi connectivity index (χ2n) is 10.3. The Hall–Kier alpha value is -4.40. The van der Waals surface area contributed by atoms with Crippen molar-refractivity contribution in [3.8, 4) is 22.7 Å². The van der Waals surface area contributed by atoms with Crippen LogP contribution in [0.25, 0.3) is 16.9 Å². The number of carbonyl (C=O) groups excluding carboxylic acids is 2. The fourth-order valence-corrected chi connectivity index (χ4v) is 4.86. The minimum absolute atomic E-state index is 0.121. The molecule has 0 spiro atoms. The van der Waals surface area contributed by atoms with E-state index >= 15 is 4.39 Å². The molecule has 216 valence electrons. The molecule has 4 rings (SSSR count). The number of aromatic nitrogens is 2. The first-order chi connectivity index (χ1) is 19.5. The molecule has 1 aliphatic heterocycles. The number of hydrogen-bond acceptors (Lipinski definition) is 7. The van der Waals surface area contributed by atoms with Gasteiger partial charge in [-0.25, -0.2) is 18.7 Å². The van der Waals surface area contributed by atoms with Crippen molar-refractivity contribution in [2.75, 3.05) is 6.61 Å². The molecule has 8 nitrogen and oxygen atoms in total. The Bertz CT molecular complexity index is 1460. The molecule has 0 atom stereocenters. The van der Waals surface area contributed by atoms with Crippen LogP contribution in [-0.4, -0.2) is 40.5 Å². The molecular formula is C32H36FN3O5. The number of esters is 2. The zero-order chi connectivity index (χ0) is 29.8. The van der Waals surface area contributed by atoms with Gasteiger partial charge in [0.2, 0.25) is 0 Å². The Labute approximate surface area is 239 Å². The normalized spacial score (nSPS) is 14.0. The van der Waals surface area contributed by atoms with Crippen molar-refractivity contribution in [3.05, 3.63) is 88.6 Å². The summed E-state index contributed by atoms with van der Waals surface area (Å²) in [4.78, 5) is 27.2. The Balaban J connectivity index is 2.01. The van der Waals surface area contributed by atoms with Crippen LogP contribution in [0.5, 0.6) is 5.75 Å². The van der Waals surface area contributed by atoms with Crippen molar-refractivity contribution in [3.63, 3.8) is 0 Å². The number of para-hydroxylation sites is 1. The Kier molecular flexibility index (Phi) is 8.95. The van der Waals surface area contributed by atoms with Gasteiger partial charge < -0.3 is 19.5 Å². The van der Waals surface area contributed by atoms with Gasteiger partial charge in [-0.3, -0.25) is 0 Å². The number of halogens is 1. The molecule has 0 aliphatic carbocycles. The van der Waals surface area contributed by atoms with E-state index in [-0.39, 0.29) is 16.9 Å². The summed E-state index contributed by atoms with van der Waals surface area (Å²) < 4.78 is 33.4. The number of carbonyl (C=O) groups is 2. The highest BCUT2D eigenvalue weighted by molar-refractivity contribution is 6.00. The molecule has 9 heteroatoms. The molecule has 3 aromatic rings. The molecule has 1 N–H and O–H groups in total. The van der Waals surface area contributed by atoms with E-state index in [0.717, 1.165) is 5.69 Å². The average molecular weight is 562 g/mol. The lowest BCUT2D eigenvalue weighted by Gasteiger charge is -2.31. The van der Waals surface area contributed by atoms with Crippen molar-refractivity contribution in [2.24, 2.45) is 0 Å². The second kappa shape index (κ2) is 12.4. The zero-order valence-electron chi connectivity index (χ0n) is 24.4. The SMILES string of the molecule is CCOc1ccc(-c2nn(-c3ccccc3)cc2C2C(C(=O)OC(C)C)=C(C)NC(C)=C2C(=O)OC(C)C)cc1F. The summed E-state index contributed by atoms with van der Waals surface area (Å²) in [7, 11) is 0. The van der Waals surface area contributed by atoms with E-state index in [1.807, 2.05) is 30.3 Å². The van der Waals surface area contributed by atoms with Crippen molar-refractivity contribution < 1.29 is 28.2 Å². The van der Waals surface area contributed by atoms with Crippen LogP contribution in [0, 0.1) is 5.82 Å². The van der Waals surface area contributed by atoms with Crippen LogP contribution in [0.2, 0.25) is 0 Å². The first kappa shape index (κ1) is 29.6. The summed E-state index contributed by atoms with van der Waals surface area (Å²) in [5.74, 6) is -2.48. The van der Waals surface area contributed by atoms with Crippen LogP contribution in [-0.2, 0) is 19.1 Å². The van der Waals surface area contributed by atoms with E-state index in [1.54, 1.807) is 71.5 Å². The van der Waals surface area contributed by atoms with Gasteiger partial charge in [0.25, 0.3) is 0 Å². The van der Waals surface area contributed by atoms with Crippen LogP contribution in [0.4, 0.5) is 4.39 Å². The van der Waals surface area contributed by atoms with E-state index < -0.39 is 35.9 Å². The number of dihydropyridines is 1. The predicted molar refractivity (Wildman–Crippen MR) is 154 cm³/mol. The topological polar surface area (TPSA) is 91.7 Å². The van der Waals surface area contributed by atoms with Gasteiger partial charge in [-0.1, -0.05) is 18.2 Å². The molecule has 0 amide bonds. The van der Waals surface area contributed by atoms with Gasteiger partial charge in [0.15, 0.2) is 11.6 Å². The van der Waals surface area contributed by atoms with Gasteiger partial charge in [-0.2, -0.15) is 5.10 Å². The van der Waals surface area contributed by atoms with E-state index in [4.69, 9.17) is 19.3 Å². The third kappa shape index (κ3) is 6.34. The molecular weight excluding hydrogens is 525 g/mol. The number of ether oxygens (including phenoxy) is 3. The van der Waals surface area contributed by atoms with Crippen LogP contribution < -0.4 is 10.1 Å². The predicted octanol–water partition coefficient (Wildman–Crippen LogP) is 6.22. The molecule has 1 aromatic heterocycles. The van der Waals surface area contributed by atoms with Crippen LogP contribution in [0.3, 0.4) is 0 Å². The lowest BCUT2D eigenvalue weighted by Crippen LogP contribution is -2.33. The van der Waals surface area contributed by atoms with Crippen LogP contribution in [0.15, 0.2) is 77.3 Å². The van der Waals surface area contributed by atoms with Crippen molar-refractivity contribution in [1.29, 1.82) is 0 Å². The highest BCUT2D eigenvalue weighted by Gasteiger charge is 2.41. The lowest BCUT2D eigenvalue weighted by atomic mass is 9.79. The second-order valence-corrected chi connectivity index (χ2v) is 10.3. The summed E-state index contributed by atoms with van der Waals surface area (Å²) in [5.41, 5.74) is 3.70. The van der Waals surface area contributed by atoms with E-state index in [0.29, 0.717) is 34.8 Å². The smallest absolute Gasteiger partial charge is 0.337 e. The number of hydrogen-bond donors (Lipinski definition) is 1. The number of nitrogens with one attached hydrogen (secondary N) is 1. The van der Waals surface area contributed by atoms with Crippen LogP contribution in [0.1, 0.15) is 59.9 Å². The summed E-state index contributed by atoms with van der Waals surface area (Å²) in [6.45, 7) is 12.7. The number of benzene rings is 2. The van der Waals surface area contributed by atoms with Gasteiger partial charge in [0.05, 0.1) is 47.3 Å². The molecule has 0 bridgehead atoms. The minimum Gasteiger partial charge on any atom is -0.491 e. The molecule has 0 unspecified atom stereocenters. The number of rotatable bonds is 9. The Morgan fingerprint density at radius 3 is 2.05 bits per heavy atom. The van der Waals surface area contributed by atoms with E-state index in [9.17, 15) is 9.59 Å². The van der Waals surface area contributed by atoms with Gasteiger partial charge in [0.1, 0.15) is 0 Å². The first-order valence-electron chi connectivity index (χ1n) is 13.7. The number of allylic oxidation sites excluding steroid dienone is 2. The molecule has 41 heavy (non-hydrogen) atoms. The molecule has 0 saturated carbocycles. The lowest BCUT2D eigenvalue weighted by molar-refractivity contribution is -0.143. The maximum atomic E-state index is 15.1. The Morgan fingerprint density at radius 1 is 0.951 bits per heavy atom. The van der Waals surface area contributed by atoms with E-state index in [1.165, 1.54) is 6.07 Å². The first-order valence-corrected chi connectivity index (χ1v) is 13.7. The fraction of sp³-hybridized carbons (Fsp3) is 0.344. The van der Waals surface area contributed by atoms with Crippen LogP contribution >= 0.6 is 0 Å². The monoisotopic (exact) mass is 561 g/mol. The summed E-state index contributed by atoms with van der Waals surface area (Å²) >= 11 is 0. The van der Waals surface area contributed by atoms with Gasteiger partial charge in [-0.05, 0) is 78.8 Å². The number of nitrogens with zero attached hydrogens (tertiary/aromatic N) is 2. The van der Waals surface area contributed by atoms with Crippen molar-refractivity contribution >= 4 is 11.9 Å². The fourth-order valence-electron chi connectivity index (χ4n) is 4.86. The molecule has 2 aromatic carbocycles. The molecule has 2 heterocycles. The maximum absolute atomic E-state index is 15.1. The quantitative estimate of drug-likeness (QED) is 0.310. The van der Waals surface area contributed by atoms with E-state index in [2.05, 4.69) is 5.32 Å². The summed E-state index contributed by atoms with van der Waals surface area (Å²) in [6.07, 6.45) is 0.974. The average Bonchev–Trinajstić information content (AvgIpc) is 3.34. The van der Waals surface area contributed by atoms with Crippen molar-refractivity contribution in [2.45, 2.75) is 66.6 Å². The molecule has 0 fully saturated rings. The molecule has 0 radical (unpaired) electrons. The minimum atomic E-state index is -0.907. The summed E-state index contributed by atoms with van der Waals surface area (Å²) in [6, 6.07) is 14.0. The third-order valence-corrected chi connectivity index (χ3v) is 6.47. The third-order valence-electron chi connectivity index (χ3n) is 6.47. The maximum Gasteiger partial charge on any atom is 0.337 e. The van der Waals surface area contributed by atoms with Gasteiger partial charge in [-0.15, -0.1) is 0 Å². The summed E-state index contributed by atoms with van der Waals surface area (Å²) in [5, 5.41) is 8.01. The standard InChI is InChI=1S/C32H36FN3O5/c1-8-39-26-15-14-22(16-25(26)33)30-24(17-36(35-30)23-12-10-9-11-13-23)29-27(31(37)40-18(2)3)20(6)34-21(7)28(29)32(38)41-19(4)5/h9-19,29,34H,8H2,1-7H3. The largest absolute Gasteiger partial charge is 0.491 e.